The molecule has 2 aromatic rings. The van der Waals surface area contributed by atoms with Crippen molar-refractivity contribution in [2.75, 3.05) is 0 Å². The Labute approximate surface area is 79.5 Å². The van der Waals surface area contributed by atoms with Gasteiger partial charge >= 0.3 is 0 Å². The zero-order valence-electron chi connectivity index (χ0n) is 5.31. The molecule has 0 aliphatic carbocycles. The normalized spacial score (nSPS) is 10.7. The van der Waals surface area contributed by atoms with E-state index < -0.39 is 0 Å². The van der Waals surface area contributed by atoms with Gasteiger partial charge in [0.15, 0.2) is 0 Å². The van der Waals surface area contributed by atoms with Crippen molar-refractivity contribution in [2.24, 2.45) is 0 Å². The van der Waals surface area contributed by atoms with E-state index >= 15 is 0 Å². The van der Waals surface area contributed by atoms with Crippen LogP contribution in [0.2, 0.25) is 0 Å². The third kappa shape index (κ3) is 1.18. The Hall–Kier alpha value is -0.420. The molecule has 11 heavy (non-hydrogen) atoms. The van der Waals surface area contributed by atoms with E-state index in [-0.39, 0.29) is 0 Å². The van der Waals surface area contributed by atoms with E-state index in [1.165, 1.54) is 0 Å². The van der Waals surface area contributed by atoms with Gasteiger partial charge in [0.1, 0.15) is 20.2 Å². The smallest absolute Gasteiger partial charge is 0.127 e. The van der Waals surface area contributed by atoms with Crippen LogP contribution < -0.4 is 0 Å². The molecule has 2 rings (SSSR count). The van der Waals surface area contributed by atoms with E-state index in [1.54, 1.807) is 0 Å². The van der Waals surface area contributed by atoms with Crippen LogP contribution in [-0.2, 0) is 0 Å². The number of aromatic nitrogens is 3. The first kappa shape index (κ1) is 7.24. The minimum Gasteiger partial charge on any atom is -0.269 e. The van der Waals surface area contributed by atoms with Crippen LogP contribution in [0.3, 0.4) is 0 Å². The minimum atomic E-state index is 0.812. The maximum Gasteiger partial charge on any atom is 0.127 e. The molecule has 56 valence electrons. The van der Waals surface area contributed by atoms with E-state index in [9.17, 15) is 0 Å². The van der Waals surface area contributed by atoms with E-state index in [0.717, 1.165) is 20.2 Å². The molecule has 0 atom stereocenters. The quantitative estimate of drug-likeness (QED) is 0.751. The second kappa shape index (κ2) is 2.57. The highest BCUT2D eigenvalue weighted by molar-refractivity contribution is 9.10. The molecule has 2 aromatic heterocycles. The Balaban J connectivity index is 2.87. The molecule has 0 aliphatic rings. The first-order chi connectivity index (χ1) is 5.27. The van der Waals surface area contributed by atoms with Crippen LogP contribution in [0.25, 0.3) is 11.0 Å². The van der Waals surface area contributed by atoms with Crippen LogP contribution in [0.4, 0.5) is 0 Å². The van der Waals surface area contributed by atoms with Crippen molar-refractivity contribution < 1.29 is 0 Å². The number of aromatic amines is 1. The second-order valence-electron chi connectivity index (χ2n) is 2.04. The molecule has 2 heterocycles. The molecule has 0 fully saturated rings. The van der Waals surface area contributed by atoms with Crippen molar-refractivity contribution in [3.8, 4) is 0 Å². The van der Waals surface area contributed by atoms with Gasteiger partial charge in [0, 0.05) is 0 Å². The fraction of sp³-hybridized carbons (Fsp3) is 0. The Morgan fingerprint density at radius 2 is 2.09 bits per heavy atom. The van der Waals surface area contributed by atoms with Crippen LogP contribution in [0.1, 0.15) is 0 Å². The van der Waals surface area contributed by atoms with Gasteiger partial charge in [-0.25, -0.2) is 4.98 Å². The molecule has 0 saturated heterocycles. The molecule has 0 amide bonds. The minimum absolute atomic E-state index is 0.812. The molecule has 0 unspecified atom stereocenters. The Bertz CT molecular complexity index is 396. The molecule has 3 nitrogen and oxygen atoms in total. The average Bonchev–Trinajstić information content (AvgIpc) is 2.33. The monoisotopic (exact) mass is 275 g/mol. The number of H-pyrrole nitrogens is 1. The summed E-state index contributed by atoms with van der Waals surface area (Å²) in [6.07, 6.45) is 0. The molecule has 0 spiro atoms. The molecule has 1 N–H and O–H groups in total. The van der Waals surface area contributed by atoms with Crippen molar-refractivity contribution in [3.05, 3.63) is 21.3 Å². The van der Waals surface area contributed by atoms with Gasteiger partial charge in [0.25, 0.3) is 0 Å². The molecule has 0 radical (unpaired) electrons. The van der Waals surface area contributed by atoms with E-state index in [0.29, 0.717) is 0 Å². The number of halogens is 2. The lowest BCUT2D eigenvalue weighted by Crippen LogP contribution is -1.75. The van der Waals surface area contributed by atoms with Gasteiger partial charge < -0.3 is 0 Å². The molecule has 0 bridgehead atoms. The summed E-state index contributed by atoms with van der Waals surface area (Å²) in [5.41, 5.74) is 1.71. The van der Waals surface area contributed by atoms with E-state index in [2.05, 4.69) is 47.0 Å². The van der Waals surface area contributed by atoms with Crippen molar-refractivity contribution >= 4 is 42.9 Å². The zero-order chi connectivity index (χ0) is 7.84. The van der Waals surface area contributed by atoms with Crippen molar-refractivity contribution in [1.29, 1.82) is 0 Å². The number of nitrogens with zero attached hydrogens (tertiary/aromatic N) is 2. The lowest BCUT2D eigenvalue weighted by atomic mass is 10.4. The van der Waals surface area contributed by atoms with Crippen molar-refractivity contribution in [2.45, 2.75) is 0 Å². The fourth-order valence-electron chi connectivity index (χ4n) is 0.842. The van der Waals surface area contributed by atoms with Crippen LogP contribution >= 0.6 is 31.9 Å². The third-order valence-electron chi connectivity index (χ3n) is 1.32. The standard InChI is InChI=1S/C6H3Br2N3/c7-4-2-1-3-5(9-4)6(8)11-10-3/h1-2H,(H,10,11). The van der Waals surface area contributed by atoms with Crippen LogP contribution in [-0.4, -0.2) is 15.2 Å². The van der Waals surface area contributed by atoms with Gasteiger partial charge in [0.05, 0.1) is 0 Å². The van der Waals surface area contributed by atoms with Crippen LogP contribution in [0.5, 0.6) is 0 Å². The van der Waals surface area contributed by atoms with E-state index in [4.69, 9.17) is 0 Å². The van der Waals surface area contributed by atoms with Crippen LogP contribution in [0, 0.1) is 0 Å². The van der Waals surface area contributed by atoms with Gasteiger partial charge in [-0.05, 0) is 44.0 Å². The molecule has 0 aliphatic heterocycles. The lowest BCUT2D eigenvalue weighted by Gasteiger charge is -1.88. The summed E-state index contributed by atoms with van der Waals surface area (Å²) in [6, 6.07) is 3.75. The highest BCUT2D eigenvalue weighted by Gasteiger charge is 2.02. The molecule has 0 aromatic carbocycles. The number of fused-ring (bicyclic) bond motifs is 1. The maximum absolute atomic E-state index is 4.21. The Morgan fingerprint density at radius 3 is 2.91 bits per heavy atom. The van der Waals surface area contributed by atoms with Gasteiger partial charge in [-0.1, -0.05) is 0 Å². The SMILES string of the molecule is Brc1ccc2n[nH]c(Br)c2n1. The summed E-state index contributed by atoms with van der Waals surface area (Å²) in [6.45, 7) is 0. The molecule has 0 saturated carbocycles. The number of rotatable bonds is 0. The van der Waals surface area contributed by atoms with E-state index in [1.807, 2.05) is 12.1 Å². The predicted octanol–water partition coefficient (Wildman–Crippen LogP) is 2.48. The highest BCUT2D eigenvalue weighted by atomic mass is 79.9. The van der Waals surface area contributed by atoms with Crippen molar-refractivity contribution in [3.63, 3.8) is 0 Å². The molecular weight excluding hydrogens is 274 g/mol. The average molecular weight is 277 g/mol. The Morgan fingerprint density at radius 1 is 1.27 bits per heavy atom. The predicted molar refractivity (Wildman–Crippen MR) is 49.3 cm³/mol. The second-order valence-corrected chi connectivity index (χ2v) is 3.64. The largest absolute Gasteiger partial charge is 0.269 e. The molecular formula is C6H3Br2N3. The number of pyridine rings is 1. The van der Waals surface area contributed by atoms with Gasteiger partial charge in [-0.15, -0.1) is 0 Å². The first-order valence-electron chi connectivity index (χ1n) is 2.93. The lowest BCUT2D eigenvalue weighted by molar-refractivity contribution is 1.10. The number of hydrogen-bond acceptors (Lipinski definition) is 2. The maximum atomic E-state index is 4.21. The number of nitrogens with one attached hydrogen (secondary N) is 1. The Kier molecular flexibility index (Phi) is 1.69. The summed E-state index contributed by atoms with van der Waals surface area (Å²) in [5.74, 6) is 0. The third-order valence-corrected chi connectivity index (χ3v) is 2.32. The topological polar surface area (TPSA) is 41.6 Å². The first-order valence-corrected chi connectivity index (χ1v) is 4.52. The van der Waals surface area contributed by atoms with Gasteiger partial charge in [-0.2, -0.15) is 5.10 Å². The fourth-order valence-corrected chi connectivity index (χ4v) is 1.53. The molecule has 5 heteroatoms. The highest BCUT2D eigenvalue weighted by Crippen LogP contribution is 2.20. The van der Waals surface area contributed by atoms with Gasteiger partial charge in [0.2, 0.25) is 0 Å². The summed E-state index contributed by atoms with van der Waals surface area (Å²) >= 11 is 6.58. The van der Waals surface area contributed by atoms with Crippen LogP contribution in [0.15, 0.2) is 21.3 Å². The summed E-state index contributed by atoms with van der Waals surface area (Å²) in [5, 5.41) is 6.79. The number of hydrogen-bond donors (Lipinski definition) is 1. The summed E-state index contributed by atoms with van der Waals surface area (Å²) in [7, 11) is 0. The zero-order valence-corrected chi connectivity index (χ0v) is 8.48. The summed E-state index contributed by atoms with van der Waals surface area (Å²) < 4.78 is 1.63. The van der Waals surface area contributed by atoms with Gasteiger partial charge in [-0.3, -0.25) is 5.10 Å². The summed E-state index contributed by atoms with van der Waals surface area (Å²) in [4.78, 5) is 4.21. The van der Waals surface area contributed by atoms with Crippen molar-refractivity contribution in [1.82, 2.24) is 15.2 Å².